The minimum absolute atomic E-state index is 0.194. The second kappa shape index (κ2) is 6.92. The first kappa shape index (κ1) is 15.1. The molecule has 0 spiro atoms. The number of thiazole rings is 1. The maximum atomic E-state index is 14.2. The lowest BCUT2D eigenvalue weighted by Crippen LogP contribution is -2.12. The minimum atomic E-state index is -0.194. The largest absolute Gasteiger partial charge is 0.378 e. The Morgan fingerprint density at radius 2 is 2.20 bits per heavy atom. The molecule has 0 bridgehead atoms. The number of aryl methyl sites for hydroxylation is 1. The molecular weight excluding hydrogens is 275 g/mol. The maximum Gasteiger partial charge on any atom is 0.136 e. The fourth-order valence-electron chi connectivity index (χ4n) is 1.94. The number of rotatable bonds is 6. The molecular formula is C15H19FN2OS. The highest BCUT2D eigenvalue weighted by Gasteiger charge is 2.15. The molecule has 108 valence electrons. The van der Waals surface area contributed by atoms with Gasteiger partial charge in [-0.05, 0) is 25.1 Å². The summed E-state index contributed by atoms with van der Waals surface area (Å²) < 4.78 is 19.4. The van der Waals surface area contributed by atoms with E-state index in [9.17, 15) is 4.39 Å². The van der Waals surface area contributed by atoms with Crippen LogP contribution in [0, 0.1) is 12.7 Å². The topological polar surface area (TPSA) is 34.2 Å². The smallest absolute Gasteiger partial charge is 0.136 e. The summed E-state index contributed by atoms with van der Waals surface area (Å²) in [6, 6.07) is 5.39. The van der Waals surface area contributed by atoms with Gasteiger partial charge in [0.15, 0.2) is 0 Å². The molecule has 1 aromatic heterocycles. The van der Waals surface area contributed by atoms with Crippen LogP contribution in [0.3, 0.4) is 0 Å². The fourth-order valence-corrected chi connectivity index (χ4v) is 2.99. The average Bonchev–Trinajstić information content (AvgIpc) is 2.83. The Kier molecular flexibility index (Phi) is 5.23. The van der Waals surface area contributed by atoms with Gasteiger partial charge in [0.25, 0.3) is 0 Å². The molecule has 0 fully saturated rings. The summed E-state index contributed by atoms with van der Waals surface area (Å²) in [6.45, 7) is 5.89. The van der Waals surface area contributed by atoms with Crippen molar-refractivity contribution in [2.75, 3.05) is 13.7 Å². The van der Waals surface area contributed by atoms with Crippen molar-refractivity contribution in [1.82, 2.24) is 10.3 Å². The van der Waals surface area contributed by atoms with Gasteiger partial charge in [-0.3, -0.25) is 0 Å². The number of halogens is 1. The number of ether oxygens (including phenoxy) is 1. The standard InChI is InChI=1S/C15H19FN2OS/c1-4-17-8-13-12(9-19-3)18-15(20-13)11-7-5-6-10(2)14(11)16/h5-7,17H,4,8-9H2,1-3H3. The number of hydrogen-bond donors (Lipinski definition) is 1. The Morgan fingerprint density at radius 3 is 2.90 bits per heavy atom. The number of hydrogen-bond acceptors (Lipinski definition) is 4. The van der Waals surface area contributed by atoms with E-state index in [4.69, 9.17) is 4.74 Å². The molecule has 0 aliphatic heterocycles. The van der Waals surface area contributed by atoms with Crippen molar-refractivity contribution >= 4 is 11.3 Å². The Balaban J connectivity index is 2.39. The number of aromatic nitrogens is 1. The van der Waals surface area contributed by atoms with Crippen molar-refractivity contribution in [1.29, 1.82) is 0 Å². The molecule has 1 aromatic carbocycles. The molecule has 0 unspecified atom stereocenters. The van der Waals surface area contributed by atoms with Gasteiger partial charge >= 0.3 is 0 Å². The molecule has 20 heavy (non-hydrogen) atoms. The van der Waals surface area contributed by atoms with E-state index < -0.39 is 0 Å². The zero-order valence-electron chi connectivity index (χ0n) is 12.0. The van der Waals surface area contributed by atoms with Crippen molar-refractivity contribution in [3.63, 3.8) is 0 Å². The summed E-state index contributed by atoms with van der Waals surface area (Å²) >= 11 is 1.52. The van der Waals surface area contributed by atoms with E-state index in [-0.39, 0.29) is 5.82 Å². The molecule has 0 amide bonds. The van der Waals surface area contributed by atoms with E-state index in [1.54, 1.807) is 26.2 Å². The van der Waals surface area contributed by atoms with Crippen molar-refractivity contribution in [3.8, 4) is 10.6 Å². The normalized spacial score (nSPS) is 11.0. The van der Waals surface area contributed by atoms with Crippen molar-refractivity contribution in [2.45, 2.75) is 27.0 Å². The second-order valence-corrected chi connectivity index (χ2v) is 5.62. The summed E-state index contributed by atoms with van der Waals surface area (Å²) in [7, 11) is 1.64. The van der Waals surface area contributed by atoms with Crippen LogP contribution in [0.4, 0.5) is 4.39 Å². The number of nitrogens with zero attached hydrogens (tertiary/aromatic N) is 1. The van der Waals surface area contributed by atoms with Crippen LogP contribution >= 0.6 is 11.3 Å². The van der Waals surface area contributed by atoms with Crippen LogP contribution in [0.2, 0.25) is 0 Å². The van der Waals surface area contributed by atoms with Crippen LogP contribution < -0.4 is 5.32 Å². The fraction of sp³-hybridized carbons (Fsp3) is 0.400. The summed E-state index contributed by atoms with van der Waals surface area (Å²) in [5, 5.41) is 3.99. The molecule has 1 N–H and O–H groups in total. The van der Waals surface area contributed by atoms with Crippen LogP contribution in [0.1, 0.15) is 23.1 Å². The van der Waals surface area contributed by atoms with Crippen LogP contribution in [0.5, 0.6) is 0 Å². The Labute approximate surface area is 122 Å². The van der Waals surface area contributed by atoms with Crippen LogP contribution in [0.25, 0.3) is 10.6 Å². The highest BCUT2D eigenvalue weighted by atomic mass is 32.1. The summed E-state index contributed by atoms with van der Waals surface area (Å²) in [4.78, 5) is 5.64. The highest BCUT2D eigenvalue weighted by molar-refractivity contribution is 7.15. The van der Waals surface area contributed by atoms with Gasteiger partial charge < -0.3 is 10.1 Å². The first-order chi connectivity index (χ1) is 9.67. The zero-order chi connectivity index (χ0) is 14.5. The van der Waals surface area contributed by atoms with E-state index in [0.29, 0.717) is 22.7 Å². The highest BCUT2D eigenvalue weighted by Crippen LogP contribution is 2.31. The van der Waals surface area contributed by atoms with Gasteiger partial charge in [0.2, 0.25) is 0 Å². The average molecular weight is 294 g/mol. The van der Waals surface area contributed by atoms with Crippen molar-refractivity contribution in [2.24, 2.45) is 0 Å². The zero-order valence-corrected chi connectivity index (χ0v) is 12.8. The third-order valence-electron chi connectivity index (χ3n) is 3.02. The summed E-state index contributed by atoms with van der Waals surface area (Å²) in [5.74, 6) is -0.194. The van der Waals surface area contributed by atoms with Crippen molar-refractivity contribution < 1.29 is 9.13 Å². The van der Waals surface area contributed by atoms with Gasteiger partial charge in [-0.15, -0.1) is 11.3 Å². The Hall–Kier alpha value is -1.30. The third-order valence-corrected chi connectivity index (χ3v) is 4.15. The van der Waals surface area contributed by atoms with Crippen LogP contribution in [-0.4, -0.2) is 18.6 Å². The van der Waals surface area contributed by atoms with Crippen LogP contribution in [0.15, 0.2) is 18.2 Å². The lowest BCUT2D eigenvalue weighted by molar-refractivity contribution is 0.181. The maximum absolute atomic E-state index is 14.2. The molecule has 5 heteroatoms. The number of methoxy groups -OCH3 is 1. The van der Waals surface area contributed by atoms with E-state index in [2.05, 4.69) is 17.2 Å². The minimum Gasteiger partial charge on any atom is -0.378 e. The van der Waals surface area contributed by atoms with Crippen LogP contribution in [-0.2, 0) is 17.9 Å². The first-order valence-electron chi connectivity index (χ1n) is 6.61. The molecule has 2 aromatic rings. The van der Waals surface area contributed by atoms with Gasteiger partial charge in [0, 0.05) is 24.1 Å². The van der Waals surface area contributed by atoms with Gasteiger partial charge in [0.05, 0.1) is 12.3 Å². The predicted molar refractivity (Wildman–Crippen MR) is 80.3 cm³/mol. The molecule has 0 atom stereocenters. The lowest BCUT2D eigenvalue weighted by Gasteiger charge is -2.01. The van der Waals surface area contributed by atoms with Gasteiger partial charge in [-0.25, -0.2) is 9.37 Å². The molecule has 1 heterocycles. The van der Waals surface area contributed by atoms with Gasteiger partial charge in [-0.2, -0.15) is 0 Å². The first-order valence-corrected chi connectivity index (χ1v) is 7.42. The summed E-state index contributed by atoms with van der Waals surface area (Å²) in [6.07, 6.45) is 0. The molecule has 0 aliphatic carbocycles. The SMILES string of the molecule is CCNCc1sc(-c2cccc(C)c2F)nc1COC. The van der Waals surface area contributed by atoms with E-state index in [0.717, 1.165) is 23.7 Å². The summed E-state index contributed by atoms with van der Waals surface area (Å²) in [5.41, 5.74) is 2.09. The molecule has 3 nitrogen and oxygen atoms in total. The third kappa shape index (κ3) is 3.23. The molecule has 0 saturated carbocycles. The second-order valence-electron chi connectivity index (χ2n) is 4.54. The quantitative estimate of drug-likeness (QED) is 0.885. The number of nitrogens with one attached hydrogen (secondary N) is 1. The molecule has 0 radical (unpaired) electrons. The predicted octanol–water partition coefficient (Wildman–Crippen LogP) is 3.51. The lowest BCUT2D eigenvalue weighted by atomic mass is 10.1. The van der Waals surface area contributed by atoms with E-state index in [1.165, 1.54) is 11.3 Å². The monoisotopic (exact) mass is 294 g/mol. The van der Waals surface area contributed by atoms with Crippen molar-refractivity contribution in [3.05, 3.63) is 40.2 Å². The Morgan fingerprint density at radius 1 is 1.40 bits per heavy atom. The van der Waals surface area contributed by atoms with E-state index >= 15 is 0 Å². The van der Waals surface area contributed by atoms with E-state index in [1.807, 2.05) is 6.07 Å². The molecule has 2 rings (SSSR count). The Bertz CT molecular complexity index is 583. The molecule has 0 aliphatic rings. The van der Waals surface area contributed by atoms with Gasteiger partial charge in [-0.1, -0.05) is 19.1 Å². The molecule has 0 saturated heterocycles. The number of benzene rings is 1. The van der Waals surface area contributed by atoms with Gasteiger partial charge in [0.1, 0.15) is 10.8 Å².